The molecule has 0 fully saturated rings. The Bertz CT molecular complexity index is 1210. The Kier molecular flexibility index (Phi) is 26.5. The lowest BCUT2D eigenvalue weighted by Crippen LogP contribution is -2.44. The number of carboxylic acid groups (broad SMARTS) is 4. The first-order valence-corrected chi connectivity index (χ1v) is 18.6. The predicted octanol–water partition coefficient (Wildman–Crippen LogP) is 3.07. The fraction of sp³-hybridized carbons (Fsp3) is 0.750. The van der Waals surface area contributed by atoms with Gasteiger partial charge in [0.15, 0.2) is 0 Å². The molecule has 302 valence electrons. The molecule has 0 spiro atoms. The zero-order valence-corrected chi connectivity index (χ0v) is 31.1. The van der Waals surface area contributed by atoms with Crippen molar-refractivity contribution >= 4 is 53.3 Å². The van der Waals surface area contributed by atoms with Gasteiger partial charge >= 0.3 is 23.9 Å². The maximum Gasteiger partial charge on any atom is 0.326 e. The summed E-state index contributed by atoms with van der Waals surface area (Å²) in [5.41, 5.74) is 0. The van der Waals surface area contributed by atoms with Crippen LogP contribution in [0.2, 0.25) is 0 Å². The Morgan fingerprint density at radius 3 is 1.11 bits per heavy atom. The smallest absolute Gasteiger partial charge is 0.326 e. The molecule has 17 nitrogen and oxygen atoms in total. The van der Waals surface area contributed by atoms with Crippen LogP contribution in [0.15, 0.2) is 0 Å². The van der Waals surface area contributed by atoms with Crippen LogP contribution in [0.4, 0.5) is 0 Å². The molecule has 0 saturated heterocycles. The SMILES string of the molecule is CCC(=O)CC[C@H](NC(=O)CC[C@@H](C)NC(=O)CC[C@H](NC(=O)CC[C@H](NC(=O)CCCCCCCCCCCCC(=O)O)C(=O)O)C(=O)O)C(=O)O. The first-order chi connectivity index (χ1) is 25.0. The zero-order valence-electron chi connectivity index (χ0n) is 31.1. The van der Waals surface area contributed by atoms with Gasteiger partial charge in [0, 0.05) is 51.0 Å². The van der Waals surface area contributed by atoms with Crippen LogP contribution in [0.3, 0.4) is 0 Å². The van der Waals surface area contributed by atoms with Gasteiger partial charge in [-0.3, -0.25) is 28.8 Å². The summed E-state index contributed by atoms with van der Waals surface area (Å²) in [6.45, 7) is 3.26. The van der Waals surface area contributed by atoms with E-state index < -0.39 is 71.7 Å². The van der Waals surface area contributed by atoms with Crippen LogP contribution in [0.25, 0.3) is 0 Å². The molecular formula is C36H60N4O13. The van der Waals surface area contributed by atoms with Crippen molar-refractivity contribution in [1.29, 1.82) is 0 Å². The van der Waals surface area contributed by atoms with Gasteiger partial charge in [-0.05, 0) is 45.4 Å². The molecule has 0 radical (unpaired) electrons. The van der Waals surface area contributed by atoms with Crippen LogP contribution in [0.5, 0.6) is 0 Å². The van der Waals surface area contributed by atoms with E-state index in [0.29, 0.717) is 12.8 Å². The van der Waals surface area contributed by atoms with Gasteiger partial charge in [0.2, 0.25) is 23.6 Å². The van der Waals surface area contributed by atoms with Crippen LogP contribution in [0, 0.1) is 0 Å². The third-order valence-corrected chi connectivity index (χ3v) is 8.58. The number of carbonyl (C=O) groups is 9. The predicted molar refractivity (Wildman–Crippen MR) is 192 cm³/mol. The van der Waals surface area contributed by atoms with Crippen molar-refractivity contribution in [2.45, 2.75) is 173 Å². The minimum atomic E-state index is -1.44. The number of Topliss-reactive ketones (excluding diaryl/α,β-unsaturated/α-hetero) is 1. The van der Waals surface area contributed by atoms with E-state index in [9.17, 15) is 58.5 Å². The van der Waals surface area contributed by atoms with Crippen molar-refractivity contribution in [3.05, 3.63) is 0 Å². The zero-order chi connectivity index (χ0) is 40.2. The Hall–Kier alpha value is -4.57. The molecule has 0 aromatic carbocycles. The Morgan fingerprint density at radius 2 is 0.736 bits per heavy atom. The topological polar surface area (TPSA) is 283 Å². The van der Waals surface area contributed by atoms with Crippen LogP contribution in [0.1, 0.15) is 149 Å². The van der Waals surface area contributed by atoms with E-state index in [1.54, 1.807) is 13.8 Å². The number of hydrogen-bond donors (Lipinski definition) is 8. The molecule has 0 rings (SSSR count). The molecule has 0 saturated carbocycles. The number of unbranched alkanes of at least 4 members (excludes halogenated alkanes) is 9. The number of ketones is 1. The van der Waals surface area contributed by atoms with Gasteiger partial charge in [-0.15, -0.1) is 0 Å². The summed E-state index contributed by atoms with van der Waals surface area (Å²) in [4.78, 5) is 106. The Balaban J connectivity index is 4.44. The molecule has 0 bridgehead atoms. The van der Waals surface area contributed by atoms with Gasteiger partial charge in [-0.2, -0.15) is 0 Å². The van der Waals surface area contributed by atoms with Crippen LogP contribution in [-0.2, 0) is 43.2 Å². The van der Waals surface area contributed by atoms with E-state index in [0.717, 1.165) is 51.4 Å². The number of amides is 4. The quantitative estimate of drug-likeness (QED) is 0.0448. The van der Waals surface area contributed by atoms with Crippen LogP contribution in [-0.4, -0.2) is 97.9 Å². The third-order valence-electron chi connectivity index (χ3n) is 8.58. The summed E-state index contributed by atoms with van der Waals surface area (Å²) in [6, 6.07) is -4.53. The molecule has 4 amide bonds. The number of aliphatic carboxylic acids is 4. The summed E-state index contributed by atoms with van der Waals surface area (Å²) in [5, 5.41) is 46.6. The molecule has 0 aromatic heterocycles. The summed E-state index contributed by atoms with van der Waals surface area (Å²) < 4.78 is 0. The molecule has 0 unspecified atom stereocenters. The van der Waals surface area contributed by atoms with Gasteiger partial charge in [-0.25, -0.2) is 14.4 Å². The van der Waals surface area contributed by atoms with E-state index in [1.165, 1.54) is 0 Å². The first kappa shape index (κ1) is 48.4. The first-order valence-electron chi connectivity index (χ1n) is 18.6. The maximum absolute atomic E-state index is 12.5. The van der Waals surface area contributed by atoms with Gasteiger partial charge in [0.1, 0.15) is 23.9 Å². The van der Waals surface area contributed by atoms with Gasteiger partial charge < -0.3 is 41.7 Å². The van der Waals surface area contributed by atoms with Crippen LogP contribution < -0.4 is 21.3 Å². The average molecular weight is 757 g/mol. The summed E-state index contributed by atoms with van der Waals surface area (Å²) in [7, 11) is 0. The molecular weight excluding hydrogens is 696 g/mol. The lowest BCUT2D eigenvalue weighted by molar-refractivity contribution is -0.143. The number of hydrogen-bond acceptors (Lipinski definition) is 9. The normalized spacial score (nSPS) is 13.1. The summed E-state index contributed by atoms with van der Waals surface area (Å²) in [5.74, 6) is -7.25. The Morgan fingerprint density at radius 1 is 0.415 bits per heavy atom. The minimum Gasteiger partial charge on any atom is -0.481 e. The summed E-state index contributed by atoms with van der Waals surface area (Å²) >= 11 is 0. The highest BCUT2D eigenvalue weighted by molar-refractivity contribution is 5.87. The van der Waals surface area contributed by atoms with Crippen molar-refractivity contribution in [3.8, 4) is 0 Å². The molecule has 4 atom stereocenters. The second kappa shape index (κ2) is 28.9. The Labute approximate surface area is 310 Å². The molecule has 0 aliphatic rings. The van der Waals surface area contributed by atoms with Crippen molar-refractivity contribution < 1.29 is 63.6 Å². The molecule has 0 aliphatic heterocycles. The number of nitrogens with one attached hydrogen (secondary N) is 4. The van der Waals surface area contributed by atoms with Crippen molar-refractivity contribution in [2.24, 2.45) is 0 Å². The van der Waals surface area contributed by atoms with Gasteiger partial charge in [0.25, 0.3) is 0 Å². The van der Waals surface area contributed by atoms with Gasteiger partial charge in [-0.1, -0.05) is 58.3 Å². The monoisotopic (exact) mass is 756 g/mol. The van der Waals surface area contributed by atoms with Crippen molar-refractivity contribution in [1.82, 2.24) is 21.3 Å². The van der Waals surface area contributed by atoms with Crippen molar-refractivity contribution in [2.75, 3.05) is 0 Å². The second-order valence-electron chi connectivity index (χ2n) is 13.3. The van der Waals surface area contributed by atoms with Crippen molar-refractivity contribution in [3.63, 3.8) is 0 Å². The highest BCUT2D eigenvalue weighted by atomic mass is 16.4. The number of carboxylic acids is 4. The average Bonchev–Trinajstić information content (AvgIpc) is 3.08. The van der Waals surface area contributed by atoms with E-state index in [4.69, 9.17) is 5.11 Å². The fourth-order valence-electron chi connectivity index (χ4n) is 5.35. The molecule has 17 heteroatoms. The fourth-order valence-corrected chi connectivity index (χ4v) is 5.35. The second-order valence-corrected chi connectivity index (χ2v) is 13.3. The molecule has 0 heterocycles. The van der Waals surface area contributed by atoms with Crippen LogP contribution >= 0.6 is 0 Å². The molecule has 53 heavy (non-hydrogen) atoms. The van der Waals surface area contributed by atoms with E-state index in [2.05, 4.69) is 21.3 Å². The highest BCUT2D eigenvalue weighted by Crippen LogP contribution is 2.12. The molecule has 0 aliphatic carbocycles. The lowest BCUT2D eigenvalue weighted by atomic mass is 10.0. The molecule has 8 N–H and O–H groups in total. The standard InChI is InChI=1S/C36H60N4O13/c1-3-25(41)17-18-26(34(48)49)39-31(44)21-16-24(2)37-30(43)22-19-28(36(52)53)40-32(45)23-20-27(35(50)51)38-29(42)14-12-10-8-6-4-5-7-9-11-13-15-33(46)47/h24,26-28H,3-23H2,1-2H3,(H,37,43)(H,38,42)(H,39,44)(H,40,45)(H,46,47)(H,48,49)(H,50,51)(H,52,53)/t24-,26+,27+,28+/m1/s1. The largest absolute Gasteiger partial charge is 0.481 e. The van der Waals surface area contributed by atoms with E-state index in [-0.39, 0.29) is 76.4 Å². The number of rotatable bonds is 33. The van der Waals surface area contributed by atoms with E-state index >= 15 is 0 Å². The lowest BCUT2D eigenvalue weighted by Gasteiger charge is -2.18. The molecule has 0 aromatic rings. The van der Waals surface area contributed by atoms with E-state index in [1.807, 2.05) is 0 Å². The van der Waals surface area contributed by atoms with Gasteiger partial charge in [0.05, 0.1) is 0 Å². The highest BCUT2D eigenvalue weighted by Gasteiger charge is 2.25. The third kappa shape index (κ3) is 26.8. The number of carbonyl (C=O) groups excluding carboxylic acids is 5. The summed E-state index contributed by atoms with van der Waals surface area (Å²) in [6.07, 6.45) is 8.51. The minimum absolute atomic E-state index is 0.0180. The maximum atomic E-state index is 12.5.